The third kappa shape index (κ3) is 3.34. The molecule has 1 atom stereocenters. The van der Waals surface area contributed by atoms with E-state index < -0.39 is 0 Å². The lowest BCUT2D eigenvalue weighted by Crippen LogP contribution is -2.40. The minimum atomic E-state index is -0.227. The summed E-state index contributed by atoms with van der Waals surface area (Å²) < 4.78 is 13.9. The first-order chi connectivity index (χ1) is 15.6. The molecule has 1 spiro atoms. The molecule has 2 aromatic heterocycles. The maximum absolute atomic E-state index is 13.9. The Morgan fingerprint density at radius 1 is 1.19 bits per heavy atom. The average Bonchev–Trinajstić information content (AvgIpc) is 3.46. The van der Waals surface area contributed by atoms with Crippen LogP contribution < -0.4 is 5.32 Å². The smallest absolute Gasteiger partial charge is 0.226 e. The molecule has 2 aliphatic carbocycles. The van der Waals surface area contributed by atoms with Crippen LogP contribution in [0.2, 0.25) is 0 Å². The highest BCUT2D eigenvalue weighted by atomic mass is 19.1. The number of carbonyl (C=O) groups is 1. The molecule has 1 aromatic carbocycles. The molecule has 1 amide bonds. The van der Waals surface area contributed by atoms with E-state index in [1.165, 1.54) is 25.3 Å². The monoisotopic (exact) mass is 433 g/mol. The number of nitrogens with one attached hydrogen (secondary N) is 2. The van der Waals surface area contributed by atoms with Gasteiger partial charge in [-0.15, -0.1) is 0 Å². The molecule has 7 heteroatoms. The second-order valence-electron chi connectivity index (χ2n) is 9.72. The minimum absolute atomic E-state index is 0.227. The Balaban J connectivity index is 1.09. The van der Waals surface area contributed by atoms with E-state index in [1.807, 2.05) is 12.1 Å². The summed E-state index contributed by atoms with van der Waals surface area (Å²) in [6.07, 6.45) is 6.84. The molecular formula is C25H28FN5O. The number of carbonyl (C=O) groups excluding carboxylic acids is 1. The van der Waals surface area contributed by atoms with Crippen LogP contribution in [0.15, 0.2) is 36.4 Å². The number of H-pyrrole nitrogens is 1. The highest BCUT2D eigenvalue weighted by molar-refractivity contribution is 5.87. The predicted molar refractivity (Wildman–Crippen MR) is 121 cm³/mol. The van der Waals surface area contributed by atoms with Crippen molar-refractivity contribution in [3.05, 3.63) is 53.5 Å². The van der Waals surface area contributed by atoms with E-state index in [4.69, 9.17) is 4.98 Å². The normalized spacial score (nSPS) is 22.2. The van der Waals surface area contributed by atoms with Gasteiger partial charge in [-0.2, -0.15) is 5.10 Å². The number of rotatable bonds is 5. The molecule has 2 N–H and O–H groups in total. The Labute approximate surface area is 186 Å². The lowest BCUT2D eigenvalue weighted by atomic mass is 9.79. The van der Waals surface area contributed by atoms with Crippen molar-refractivity contribution in [1.29, 1.82) is 0 Å². The summed E-state index contributed by atoms with van der Waals surface area (Å²) in [5.74, 6) is 1.51. The van der Waals surface area contributed by atoms with Crippen LogP contribution in [0.5, 0.6) is 0 Å². The van der Waals surface area contributed by atoms with E-state index in [9.17, 15) is 9.18 Å². The van der Waals surface area contributed by atoms with Gasteiger partial charge in [0.1, 0.15) is 5.82 Å². The number of halogens is 1. The first kappa shape index (κ1) is 19.7. The van der Waals surface area contributed by atoms with E-state index in [0.717, 1.165) is 49.1 Å². The lowest BCUT2D eigenvalue weighted by Gasteiger charge is -2.34. The summed E-state index contributed by atoms with van der Waals surface area (Å²) in [5.41, 5.74) is 2.79. The van der Waals surface area contributed by atoms with Gasteiger partial charge in [0.25, 0.3) is 0 Å². The van der Waals surface area contributed by atoms with Crippen LogP contribution in [0.3, 0.4) is 0 Å². The van der Waals surface area contributed by atoms with Gasteiger partial charge in [-0.25, -0.2) is 9.37 Å². The highest BCUT2D eigenvalue weighted by Crippen LogP contribution is 2.66. The third-order valence-corrected chi connectivity index (χ3v) is 7.91. The van der Waals surface area contributed by atoms with Gasteiger partial charge in [0.05, 0.1) is 5.39 Å². The van der Waals surface area contributed by atoms with E-state index in [2.05, 4.69) is 26.5 Å². The van der Waals surface area contributed by atoms with Crippen LogP contribution in [0.4, 0.5) is 10.2 Å². The fourth-order valence-corrected chi connectivity index (χ4v) is 5.60. The molecule has 0 bridgehead atoms. The molecule has 6 nitrogen and oxygen atoms in total. The number of aromatic amines is 1. The number of likely N-dealkylation sites (tertiary alicyclic amines) is 1. The zero-order valence-corrected chi connectivity index (χ0v) is 18.1. The van der Waals surface area contributed by atoms with Gasteiger partial charge in [0, 0.05) is 42.7 Å². The predicted octanol–water partition coefficient (Wildman–Crippen LogP) is 4.61. The molecule has 1 saturated heterocycles. The number of benzene rings is 1. The Kier molecular flexibility index (Phi) is 4.66. The fourth-order valence-electron chi connectivity index (χ4n) is 5.60. The van der Waals surface area contributed by atoms with Crippen molar-refractivity contribution in [1.82, 2.24) is 20.1 Å². The molecule has 0 radical (unpaired) electrons. The van der Waals surface area contributed by atoms with E-state index in [1.54, 1.807) is 12.1 Å². The third-order valence-electron chi connectivity index (χ3n) is 7.91. The van der Waals surface area contributed by atoms with Crippen LogP contribution >= 0.6 is 0 Å². The molecule has 3 aromatic rings. The second kappa shape index (κ2) is 7.57. The molecule has 6 rings (SSSR count). The Hall–Kier alpha value is -2.96. The number of nitrogens with zero attached hydrogens (tertiary/aromatic N) is 3. The summed E-state index contributed by atoms with van der Waals surface area (Å²) in [4.78, 5) is 19.8. The number of anilines is 1. The zero-order valence-electron chi connectivity index (χ0n) is 18.1. The molecule has 3 aliphatic rings. The van der Waals surface area contributed by atoms with Crippen molar-refractivity contribution in [2.24, 2.45) is 11.3 Å². The quantitative estimate of drug-likeness (QED) is 0.617. The molecule has 1 aliphatic heterocycles. The van der Waals surface area contributed by atoms with E-state index in [-0.39, 0.29) is 5.82 Å². The largest absolute Gasteiger partial charge is 0.364 e. The van der Waals surface area contributed by atoms with Crippen molar-refractivity contribution in [2.75, 3.05) is 18.4 Å². The maximum Gasteiger partial charge on any atom is 0.226 e. The summed E-state index contributed by atoms with van der Waals surface area (Å²) >= 11 is 0. The van der Waals surface area contributed by atoms with Gasteiger partial charge in [-0.05, 0) is 55.7 Å². The van der Waals surface area contributed by atoms with Crippen molar-refractivity contribution in [3.63, 3.8) is 0 Å². The topological polar surface area (TPSA) is 73.9 Å². The van der Waals surface area contributed by atoms with E-state index >= 15 is 0 Å². The Bertz CT molecular complexity index is 1160. The zero-order chi connectivity index (χ0) is 21.7. The minimum Gasteiger partial charge on any atom is -0.364 e. The standard InChI is InChI=1S/C25H28FN5O/c26-20-5-2-1-4-17(20)15-27-22-18-6-7-21(28-23(18)30-29-22)16-8-12-31(13-9-16)24(32)19-14-25(19)10-3-11-25/h1-2,4-7,16,19H,3,8-15H2,(H2,27,28,29,30)/t19-/m1/s1. The number of amides is 1. The van der Waals surface area contributed by atoms with Crippen molar-refractivity contribution in [2.45, 2.75) is 51.0 Å². The maximum atomic E-state index is 13.9. The van der Waals surface area contributed by atoms with Crippen molar-refractivity contribution >= 4 is 22.8 Å². The second-order valence-corrected chi connectivity index (χ2v) is 9.72. The van der Waals surface area contributed by atoms with Gasteiger partial charge >= 0.3 is 0 Å². The first-order valence-corrected chi connectivity index (χ1v) is 11.7. The van der Waals surface area contributed by atoms with Crippen molar-refractivity contribution in [3.8, 4) is 0 Å². The number of piperidine rings is 1. The molecule has 32 heavy (non-hydrogen) atoms. The molecule has 3 heterocycles. The first-order valence-electron chi connectivity index (χ1n) is 11.7. The summed E-state index contributed by atoms with van der Waals surface area (Å²) in [7, 11) is 0. The van der Waals surface area contributed by atoms with Gasteiger partial charge in [0.2, 0.25) is 5.91 Å². The average molecular weight is 434 g/mol. The van der Waals surface area contributed by atoms with E-state index in [0.29, 0.717) is 41.1 Å². The van der Waals surface area contributed by atoms with Crippen LogP contribution in [0.1, 0.15) is 55.7 Å². The number of pyridine rings is 1. The summed E-state index contributed by atoms with van der Waals surface area (Å²) in [6.45, 7) is 2.02. The summed E-state index contributed by atoms with van der Waals surface area (Å²) in [5, 5.41) is 11.5. The molecule has 3 fully saturated rings. The number of hydrogen-bond acceptors (Lipinski definition) is 4. The number of aromatic nitrogens is 3. The van der Waals surface area contributed by atoms with Crippen LogP contribution in [0, 0.1) is 17.2 Å². The van der Waals surface area contributed by atoms with Gasteiger partial charge in [-0.1, -0.05) is 24.6 Å². The Morgan fingerprint density at radius 3 is 2.72 bits per heavy atom. The highest BCUT2D eigenvalue weighted by Gasteiger charge is 2.61. The SMILES string of the molecule is O=C([C@H]1CC12CCC2)N1CCC(c2ccc3c(NCc4ccccc4F)n[nH]c3n2)CC1. The molecule has 0 unspecified atom stereocenters. The lowest BCUT2D eigenvalue weighted by molar-refractivity contribution is -0.135. The summed E-state index contributed by atoms with van der Waals surface area (Å²) in [6, 6.07) is 10.8. The van der Waals surface area contributed by atoms with Crippen LogP contribution in [-0.4, -0.2) is 39.1 Å². The molecule has 2 saturated carbocycles. The molecular weight excluding hydrogens is 405 g/mol. The van der Waals surface area contributed by atoms with Crippen molar-refractivity contribution < 1.29 is 9.18 Å². The Morgan fingerprint density at radius 2 is 2.00 bits per heavy atom. The number of hydrogen-bond donors (Lipinski definition) is 2. The number of fused-ring (bicyclic) bond motifs is 1. The van der Waals surface area contributed by atoms with Crippen LogP contribution in [-0.2, 0) is 11.3 Å². The molecule has 166 valence electrons. The van der Waals surface area contributed by atoms with Gasteiger partial charge < -0.3 is 10.2 Å². The fraction of sp³-hybridized carbons (Fsp3) is 0.480. The van der Waals surface area contributed by atoms with Gasteiger partial charge in [-0.3, -0.25) is 9.89 Å². The van der Waals surface area contributed by atoms with Crippen LogP contribution in [0.25, 0.3) is 11.0 Å². The van der Waals surface area contributed by atoms with Gasteiger partial charge in [0.15, 0.2) is 11.5 Å².